The van der Waals surface area contributed by atoms with Gasteiger partial charge in [-0.2, -0.15) is 0 Å². The van der Waals surface area contributed by atoms with Crippen LogP contribution in [-0.4, -0.2) is 24.0 Å². The average molecular weight is 333 g/mol. The molecule has 0 saturated carbocycles. The molecule has 5 heteroatoms. The quantitative estimate of drug-likeness (QED) is 0.772. The van der Waals surface area contributed by atoms with E-state index in [1.807, 2.05) is 18.2 Å². The topological polar surface area (TPSA) is 63.6 Å². The van der Waals surface area contributed by atoms with Crippen LogP contribution in [0.1, 0.15) is 28.8 Å². The standard InChI is InChI=1S/C18H17ClO4/c1-23-11-14-10-13(17(20)8-9-18(21)22)4-7-16(14)12-2-5-15(19)6-3-12/h2-7,10H,8-9,11H2,1H3,(H,21,22). The summed E-state index contributed by atoms with van der Waals surface area (Å²) in [5.74, 6) is -1.17. The number of carbonyl (C=O) groups is 2. The van der Waals surface area contributed by atoms with Crippen LogP contribution in [0, 0.1) is 0 Å². The zero-order valence-electron chi connectivity index (χ0n) is 12.7. The van der Waals surface area contributed by atoms with Gasteiger partial charge in [0.25, 0.3) is 0 Å². The minimum atomic E-state index is -0.978. The number of Topliss-reactive ketones (excluding diaryl/α,β-unsaturated/α-hetero) is 1. The second-order valence-electron chi connectivity index (χ2n) is 5.13. The third-order valence-electron chi connectivity index (χ3n) is 3.45. The van der Waals surface area contributed by atoms with Crippen LogP contribution in [0.3, 0.4) is 0 Å². The fourth-order valence-corrected chi connectivity index (χ4v) is 2.44. The molecule has 0 aliphatic carbocycles. The van der Waals surface area contributed by atoms with E-state index in [0.29, 0.717) is 17.2 Å². The molecular formula is C18H17ClO4. The summed E-state index contributed by atoms with van der Waals surface area (Å²) in [4.78, 5) is 22.7. The van der Waals surface area contributed by atoms with E-state index in [4.69, 9.17) is 21.4 Å². The Morgan fingerprint density at radius 1 is 1.09 bits per heavy atom. The molecule has 4 nitrogen and oxygen atoms in total. The lowest BCUT2D eigenvalue weighted by atomic mass is 9.95. The lowest BCUT2D eigenvalue weighted by Gasteiger charge is -2.11. The van der Waals surface area contributed by atoms with Gasteiger partial charge in [0, 0.05) is 24.1 Å². The molecule has 1 N–H and O–H groups in total. The second kappa shape index (κ2) is 7.90. The number of hydrogen-bond acceptors (Lipinski definition) is 3. The highest BCUT2D eigenvalue weighted by molar-refractivity contribution is 6.30. The fraction of sp³-hybridized carbons (Fsp3) is 0.222. The Kier molecular flexibility index (Phi) is 5.90. The number of carbonyl (C=O) groups excluding carboxylic acids is 1. The first kappa shape index (κ1) is 17.2. The number of aliphatic carboxylic acids is 1. The van der Waals surface area contributed by atoms with Gasteiger partial charge in [-0.05, 0) is 34.9 Å². The summed E-state index contributed by atoms with van der Waals surface area (Å²) >= 11 is 5.91. The van der Waals surface area contributed by atoms with Crippen molar-refractivity contribution in [3.8, 4) is 11.1 Å². The highest BCUT2D eigenvalue weighted by Gasteiger charge is 2.12. The predicted octanol–water partition coefficient (Wildman–Crippen LogP) is 4.20. The first-order chi connectivity index (χ1) is 11.0. The van der Waals surface area contributed by atoms with E-state index in [0.717, 1.165) is 16.7 Å². The second-order valence-corrected chi connectivity index (χ2v) is 5.57. The molecule has 2 aromatic carbocycles. The number of rotatable bonds is 7. The van der Waals surface area contributed by atoms with E-state index in [2.05, 4.69) is 0 Å². The van der Waals surface area contributed by atoms with Crippen LogP contribution in [-0.2, 0) is 16.1 Å². The van der Waals surface area contributed by atoms with Gasteiger partial charge in [0.05, 0.1) is 13.0 Å². The van der Waals surface area contributed by atoms with Crippen molar-refractivity contribution in [1.82, 2.24) is 0 Å². The molecule has 120 valence electrons. The van der Waals surface area contributed by atoms with Crippen molar-refractivity contribution in [1.29, 1.82) is 0 Å². The summed E-state index contributed by atoms with van der Waals surface area (Å²) in [5.41, 5.74) is 3.30. The third kappa shape index (κ3) is 4.65. The van der Waals surface area contributed by atoms with E-state index in [-0.39, 0.29) is 18.6 Å². The van der Waals surface area contributed by atoms with E-state index >= 15 is 0 Å². The smallest absolute Gasteiger partial charge is 0.303 e. The lowest BCUT2D eigenvalue weighted by Crippen LogP contribution is -2.05. The number of benzene rings is 2. The van der Waals surface area contributed by atoms with Gasteiger partial charge in [0.15, 0.2) is 5.78 Å². The molecule has 0 heterocycles. The summed E-state index contributed by atoms with van der Waals surface area (Å²) in [6.07, 6.45) is -0.181. The highest BCUT2D eigenvalue weighted by atomic mass is 35.5. The molecule has 0 aliphatic rings. The summed E-state index contributed by atoms with van der Waals surface area (Å²) in [5, 5.41) is 9.34. The number of ether oxygens (including phenoxy) is 1. The van der Waals surface area contributed by atoms with Crippen LogP contribution in [0.4, 0.5) is 0 Å². The SMILES string of the molecule is COCc1cc(C(=O)CCC(=O)O)ccc1-c1ccc(Cl)cc1. The molecule has 0 spiro atoms. The minimum Gasteiger partial charge on any atom is -0.481 e. The molecule has 0 fully saturated rings. The fourth-order valence-electron chi connectivity index (χ4n) is 2.32. The number of ketones is 1. The van der Waals surface area contributed by atoms with Crippen molar-refractivity contribution in [3.05, 3.63) is 58.6 Å². The molecule has 0 bridgehead atoms. The zero-order chi connectivity index (χ0) is 16.8. The zero-order valence-corrected chi connectivity index (χ0v) is 13.5. The maximum absolute atomic E-state index is 12.1. The Morgan fingerprint density at radius 3 is 2.39 bits per heavy atom. The first-order valence-corrected chi connectivity index (χ1v) is 7.52. The highest BCUT2D eigenvalue weighted by Crippen LogP contribution is 2.27. The van der Waals surface area contributed by atoms with Crippen molar-refractivity contribution >= 4 is 23.4 Å². The van der Waals surface area contributed by atoms with Crippen LogP contribution in [0.15, 0.2) is 42.5 Å². The van der Waals surface area contributed by atoms with E-state index in [1.165, 1.54) is 0 Å². The Labute approximate surface area is 139 Å². The van der Waals surface area contributed by atoms with E-state index in [9.17, 15) is 9.59 Å². The minimum absolute atomic E-state index is 0.0119. The van der Waals surface area contributed by atoms with Gasteiger partial charge in [0.2, 0.25) is 0 Å². The summed E-state index contributed by atoms with van der Waals surface area (Å²) < 4.78 is 5.22. The van der Waals surface area contributed by atoms with Crippen LogP contribution in [0.5, 0.6) is 0 Å². The molecule has 0 aromatic heterocycles. The van der Waals surface area contributed by atoms with Crippen LogP contribution >= 0.6 is 11.6 Å². The summed E-state index contributed by atoms with van der Waals surface area (Å²) in [6, 6.07) is 12.8. The van der Waals surface area contributed by atoms with Gasteiger partial charge in [0.1, 0.15) is 0 Å². The van der Waals surface area contributed by atoms with E-state index < -0.39 is 5.97 Å². The molecule has 0 unspecified atom stereocenters. The third-order valence-corrected chi connectivity index (χ3v) is 3.70. The van der Waals surface area contributed by atoms with Crippen molar-refractivity contribution in [2.24, 2.45) is 0 Å². The van der Waals surface area contributed by atoms with Gasteiger partial charge in [-0.1, -0.05) is 35.9 Å². The molecule has 0 aliphatic heterocycles. The number of carboxylic acids is 1. The summed E-state index contributed by atoms with van der Waals surface area (Å²) in [6.45, 7) is 0.359. The molecule has 0 atom stereocenters. The molecule has 0 radical (unpaired) electrons. The molecule has 0 amide bonds. The molecule has 23 heavy (non-hydrogen) atoms. The lowest BCUT2D eigenvalue weighted by molar-refractivity contribution is -0.136. The normalized spacial score (nSPS) is 10.5. The van der Waals surface area contributed by atoms with Crippen molar-refractivity contribution < 1.29 is 19.4 Å². The number of methoxy groups -OCH3 is 1. The van der Waals surface area contributed by atoms with Crippen molar-refractivity contribution in [2.75, 3.05) is 7.11 Å². The molecule has 2 rings (SSSR count). The van der Waals surface area contributed by atoms with Gasteiger partial charge in [-0.25, -0.2) is 0 Å². The monoisotopic (exact) mass is 332 g/mol. The first-order valence-electron chi connectivity index (χ1n) is 7.14. The molecular weight excluding hydrogens is 316 g/mol. The number of carboxylic acid groups (broad SMARTS) is 1. The molecule has 0 saturated heterocycles. The molecule has 2 aromatic rings. The van der Waals surface area contributed by atoms with Gasteiger partial charge >= 0.3 is 5.97 Å². The van der Waals surface area contributed by atoms with Crippen molar-refractivity contribution in [3.63, 3.8) is 0 Å². The predicted molar refractivity (Wildman–Crippen MR) is 88.8 cm³/mol. The van der Waals surface area contributed by atoms with Gasteiger partial charge < -0.3 is 9.84 Å². The number of hydrogen-bond donors (Lipinski definition) is 1. The Hall–Kier alpha value is -2.17. The van der Waals surface area contributed by atoms with Gasteiger partial charge in [-0.3, -0.25) is 9.59 Å². The average Bonchev–Trinajstić information content (AvgIpc) is 2.54. The van der Waals surface area contributed by atoms with Crippen LogP contribution in [0.25, 0.3) is 11.1 Å². The Morgan fingerprint density at radius 2 is 1.78 bits per heavy atom. The van der Waals surface area contributed by atoms with Crippen molar-refractivity contribution in [2.45, 2.75) is 19.4 Å². The maximum Gasteiger partial charge on any atom is 0.303 e. The van der Waals surface area contributed by atoms with Gasteiger partial charge in [-0.15, -0.1) is 0 Å². The Bertz CT molecular complexity index is 707. The maximum atomic E-state index is 12.1. The summed E-state index contributed by atoms with van der Waals surface area (Å²) in [7, 11) is 1.59. The largest absolute Gasteiger partial charge is 0.481 e. The Balaban J connectivity index is 2.32. The van der Waals surface area contributed by atoms with Crippen LogP contribution < -0.4 is 0 Å². The number of halogens is 1. The van der Waals surface area contributed by atoms with E-state index in [1.54, 1.807) is 31.4 Å². The van der Waals surface area contributed by atoms with Crippen LogP contribution in [0.2, 0.25) is 5.02 Å².